The lowest BCUT2D eigenvalue weighted by molar-refractivity contribution is 0.0699. The van der Waals surface area contributed by atoms with Gasteiger partial charge in [0.25, 0.3) is 0 Å². The van der Waals surface area contributed by atoms with Crippen LogP contribution in [0.4, 0.5) is 0 Å². The molecular formula is C14H11BrO2. The number of fused-ring (bicyclic) bond motifs is 1. The van der Waals surface area contributed by atoms with Crippen LogP contribution in [0.1, 0.15) is 15.9 Å². The maximum atomic E-state index is 11.1. The topological polar surface area (TPSA) is 37.3 Å². The molecule has 0 spiro atoms. The molecule has 17 heavy (non-hydrogen) atoms. The Balaban J connectivity index is 2.69. The van der Waals surface area contributed by atoms with Crippen molar-refractivity contribution in [3.8, 4) is 0 Å². The molecule has 86 valence electrons. The zero-order valence-electron chi connectivity index (χ0n) is 9.06. The van der Waals surface area contributed by atoms with Crippen molar-refractivity contribution in [1.82, 2.24) is 0 Å². The third-order valence-electron chi connectivity index (χ3n) is 2.57. The van der Waals surface area contributed by atoms with E-state index in [1.807, 2.05) is 36.4 Å². The first kappa shape index (κ1) is 11.9. The fourth-order valence-corrected chi connectivity index (χ4v) is 2.02. The minimum Gasteiger partial charge on any atom is -0.478 e. The van der Waals surface area contributed by atoms with E-state index in [1.54, 1.807) is 12.1 Å². The number of rotatable bonds is 3. The predicted molar refractivity (Wildman–Crippen MR) is 73.7 cm³/mol. The van der Waals surface area contributed by atoms with Gasteiger partial charge in [-0.25, -0.2) is 4.79 Å². The molecule has 0 amide bonds. The lowest BCUT2D eigenvalue weighted by Crippen LogP contribution is -1.97. The molecule has 2 nitrogen and oxygen atoms in total. The maximum Gasteiger partial charge on any atom is 0.336 e. The highest BCUT2D eigenvalue weighted by Crippen LogP contribution is 2.23. The fourth-order valence-electron chi connectivity index (χ4n) is 1.84. The SMILES string of the molecule is O=C(O)c1cccc2c(C=CCBr)cccc12. The molecule has 0 aliphatic rings. The first-order chi connectivity index (χ1) is 8.24. The normalized spacial score (nSPS) is 11.1. The predicted octanol–water partition coefficient (Wildman–Crippen LogP) is 3.95. The Morgan fingerprint density at radius 3 is 2.59 bits per heavy atom. The van der Waals surface area contributed by atoms with Gasteiger partial charge in [0.15, 0.2) is 0 Å². The van der Waals surface area contributed by atoms with E-state index in [2.05, 4.69) is 15.9 Å². The minimum absolute atomic E-state index is 0.344. The summed E-state index contributed by atoms with van der Waals surface area (Å²) >= 11 is 3.33. The van der Waals surface area contributed by atoms with Gasteiger partial charge in [-0.2, -0.15) is 0 Å². The third kappa shape index (κ3) is 2.39. The van der Waals surface area contributed by atoms with Gasteiger partial charge in [-0.15, -0.1) is 0 Å². The summed E-state index contributed by atoms with van der Waals surface area (Å²) < 4.78 is 0. The summed E-state index contributed by atoms with van der Waals surface area (Å²) in [6, 6.07) is 11.0. The van der Waals surface area contributed by atoms with E-state index >= 15 is 0 Å². The van der Waals surface area contributed by atoms with E-state index < -0.39 is 5.97 Å². The number of halogens is 1. The molecule has 0 aromatic heterocycles. The Morgan fingerprint density at radius 1 is 1.18 bits per heavy atom. The second-order valence-corrected chi connectivity index (χ2v) is 4.26. The smallest absolute Gasteiger partial charge is 0.336 e. The van der Waals surface area contributed by atoms with Crippen LogP contribution in [0, 0.1) is 0 Å². The molecule has 0 unspecified atom stereocenters. The van der Waals surface area contributed by atoms with Crippen molar-refractivity contribution in [2.24, 2.45) is 0 Å². The molecule has 2 aromatic carbocycles. The summed E-state index contributed by atoms with van der Waals surface area (Å²) in [5, 5.41) is 11.6. The molecule has 0 aliphatic carbocycles. The Kier molecular flexibility index (Phi) is 3.59. The van der Waals surface area contributed by atoms with E-state index in [-0.39, 0.29) is 0 Å². The lowest BCUT2D eigenvalue weighted by atomic mass is 10.00. The largest absolute Gasteiger partial charge is 0.478 e. The van der Waals surface area contributed by atoms with Crippen molar-refractivity contribution in [2.75, 3.05) is 5.33 Å². The molecule has 0 saturated heterocycles. The van der Waals surface area contributed by atoms with Gasteiger partial charge in [-0.1, -0.05) is 58.4 Å². The number of hydrogen-bond donors (Lipinski definition) is 1. The van der Waals surface area contributed by atoms with Crippen LogP contribution in [0.2, 0.25) is 0 Å². The van der Waals surface area contributed by atoms with E-state index in [9.17, 15) is 4.79 Å². The van der Waals surface area contributed by atoms with E-state index in [1.165, 1.54) is 0 Å². The molecule has 2 rings (SSSR count). The lowest BCUT2D eigenvalue weighted by Gasteiger charge is -2.05. The van der Waals surface area contributed by atoms with Crippen LogP contribution >= 0.6 is 15.9 Å². The number of benzene rings is 2. The monoisotopic (exact) mass is 290 g/mol. The van der Waals surface area contributed by atoms with E-state index in [4.69, 9.17) is 5.11 Å². The summed E-state index contributed by atoms with van der Waals surface area (Å²) in [5.74, 6) is -0.891. The Labute approximate surface area is 108 Å². The molecule has 0 radical (unpaired) electrons. The number of carboxylic acids is 1. The molecule has 2 aromatic rings. The number of allylic oxidation sites excluding steroid dienone is 1. The Hall–Kier alpha value is -1.61. The minimum atomic E-state index is -0.891. The van der Waals surface area contributed by atoms with Crippen LogP contribution in [0.15, 0.2) is 42.5 Å². The van der Waals surface area contributed by atoms with Crippen LogP contribution in [-0.4, -0.2) is 16.4 Å². The van der Waals surface area contributed by atoms with E-state index in [0.717, 1.165) is 21.7 Å². The van der Waals surface area contributed by atoms with Crippen molar-refractivity contribution >= 4 is 38.7 Å². The zero-order chi connectivity index (χ0) is 12.3. The van der Waals surface area contributed by atoms with Gasteiger partial charge in [0, 0.05) is 5.33 Å². The summed E-state index contributed by atoms with van der Waals surface area (Å²) in [6.07, 6.45) is 3.98. The number of carbonyl (C=O) groups is 1. The molecule has 0 heterocycles. The standard InChI is InChI=1S/C14H11BrO2/c15-9-3-5-10-4-1-7-12-11(10)6-2-8-13(12)14(16)17/h1-8H,9H2,(H,16,17). The number of carboxylic acid groups (broad SMARTS) is 1. The van der Waals surface area contributed by atoms with Crippen molar-refractivity contribution in [1.29, 1.82) is 0 Å². The summed E-state index contributed by atoms with van der Waals surface area (Å²) in [5.41, 5.74) is 1.38. The average molecular weight is 291 g/mol. The van der Waals surface area contributed by atoms with Crippen LogP contribution < -0.4 is 0 Å². The van der Waals surface area contributed by atoms with Crippen molar-refractivity contribution in [3.05, 3.63) is 53.6 Å². The Bertz CT molecular complexity index is 588. The van der Waals surface area contributed by atoms with Crippen molar-refractivity contribution in [3.63, 3.8) is 0 Å². The molecule has 3 heteroatoms. The fraction of sp³-hybridized carbons (Fsp3) is 0.0714. The molecule has 0 saturated carbocycles. The zero-order valence-corrected chi connectivity index (χ0v) is 10.6. The molecular weight excluding hydrogens is 280 g/mol. The van der Waals surface area contributed by atoms with Crippen LogP contribution in [-0.2, 0) is 0 Å². The first-order valence-electron chi connectivity index (χ1n) is 5.21. The second kappa shape index (κ2) is 5.15. The second-order valence-electron chi connectivity index (χ2n) is 3.61. The summed E-state index contributed by atoms with van der Waals surface area (Å²) in [7, 11) is 0. The molecule has 0 atom stereocenters. The highest BCUT2D eigenvalue weighted by Gasteiger charge is 2.08. The van der Waals surface area contributed by atoms with Gasteiger partial charge in [0.05, 0.1) is 5.56 Å². The number of alkyl halides is 1. The van der Waals surface area contributed by atoms with Gasteiger partial charge in [0.2, 0.25) is 0 Å². The van der Waals surface area contributed by atoms with Gasteiger partial charge in [-0.05, 0) is 22.4 Å². The van der Waals surface area contributed by atoms with Crippen molar-refractivity contribution < 1.29 is 9.90 Å². The molecule has 1 N–H and O–H groups in total. The van der Waals surface area contributed by atoms with Crippen LogP contribution in [0.25, 0.3) is 16.8 Å². The highest BCUT2D eigenvalue weighted by atomic mass is 79.9. The third-order valence-corrected chi connectivity index (χ3v) is 2.95. The molecule has 0 fully saturated rings. The number of aromatic carboxylic acids is 1. The van der Waals surface area contributed by atoms with Gasteiger partial charge >= 0.3 is 5.97 Å². The molecule has 0 aliphatic heterocycles. The van der Waals surface area contributed by atoms with E-state index in [0.29, 0.717) is 5.56 Å². The van der Waals surface area contributed by atoms with Crippen LogP contribution in [0.5, 0.6) is 0 Å². The summed E-state index contributed by atoms with van der Waals surface area (Å²) in [6.45, 7) is 0. The summed E-state index contributed by atoms with van der Waals surface area (Å²) in [4.78, 5) is 11.1. The van der Waals surface area contributed by atoms with Gasteiger partial charge < -0.3 is 5.11 Å². The highest BCUT2D eigenvalue weighted by molar-refractivity contribution is 9.09. The maximum absolute atomic E-state index is 11.1. The number of hydrogen-bond acceptors (Lipinski definition) is 1. The van der Waals surface area contributed by atoms with Gasteiger partial charge in [0.1, 0.15) is 0 Å². The Morgan fingerprint density at radius 2 is 1.88 bits per heavy atom. The quantitative estimate of drug-likeness (QED) is 0.869. The first-order valence-corrected chi connectivity index (χ1v) is 6.33. The van der Waals surface area contributed by atoms with Crippen molar-refractivity contribution in [2.45, 2.75) is 0 Å². The van der Waals surface area contributed by atoms with Crippen LogP contribution in [0.3, 0.4) is 0 Å². The molecule has 0 bridgehead atoms. The average Bonchev–Trinajstić information content (AvgIpc) is 2.35. The van der Waals surface area contributed by atoms with Gasteiger partial charge in [-0.3, -0.25) is 0 Å².